The predicted octanol–water partition coefficient (Wildman–Crippen LogP) is 3.70. The number of nitrogens with zero attached hydrogens (tertiary/aromatic N) is 2. The van der Waals surface area contributed by atoms with Crippen LogP contribution in [0.1, 0.15) is 10.4 Å². The molecule has 0 bridgehead atoms. The Labute approximate surface area is 206 Å². The van der Waals surface area contributed by atoms with Crippen LogP contribution >= 0.6 is 0 Å². The number of carboxylic acid groups (broad SMARTS) is 1. The molecule has 4 aromatic rings. The first kappa shape index (κ1) is 23.1. The Balaban J connectivity index is 0.00000272. The summed E-state index contributed by atoms with van der Waals surface area (Å²) in [5, 5.41) is 31.5. The van der Waals surface area contributed by atoms with E-state index in [4.69, 9.17) is 0 Å². The minimum atomic E-state index is -4.70. The van der Waals surface area contributed by atoms with Gasteiger partial charge in [0.25, 0.3) is 0 Å². The van der Waals surface area contributed by atoms with Gasteiger partial charge in [-0.15, -0.1) is 5.11 Å². The van der Waals surface area contributed by atoms with Gasteiger partial charge in [-0.1, -0.05) is 54.3 Å². The zero-order chi connectivity index (χ0) is 21.5. The van der Waals surface area contributed by atoms with Gasteiger partial charge in [0.2, 0.25) is 0 Å². The molecule has 8 nitrogen and oxygen atoms in total. The molecule has 0 aliphatic rings. The molecule has 1 N–H and O–H groups in total. The number of carbonyl (C=O) groups is 1. The van der Waals surface area contributed by atoms with E-state index < -0.39 is 27.4 Å². The van der Waals surface area contributed by atoms with Gasteiger partial charge in [-0.05, 0) is 23.6 Å². The molecule has 0 aliphatic heterocycles. The Morgan fingerprint density at radius 3 is 2.23 bits per heavy atom. The van der Waals surface area contributed by atoms with Crippen molar-refractivity contribution in [3.05, 3.63) is 72.3 Å². The van der Waals surface area contributed by atoms with Gasteiger partial charge in [0.15, 0.2) is 0 Å². The third-order valence-corrected chi connectivity index (χ3v) is 5.49. The molecule has 4 aromatic carbocycles. The maximum Gasteiger partial charge on any atom is 2.00 e. The van der Waals surface area contributed by atoms with Crippen molar-refractivity contribution in [1.29, 1.82) is 0 Å². The van der Waals surface area contributed by atoms with Crippen molar-refractivity contribution < 1.29 is 28.0 Å². The van der Waals surface area contributed by atoms with E-state index in [0.29, 0.717) is 16.2 Å². The molecule has 0 heterocycles. The summed E-state index contributed by atoms with van der Waals surface area (Å²) in [6, 6.07) is 16.7. The molecule has 0 aromatic heterocycles. The molecule has 10 heteroatoms. The Bertz CT molecular complexity index is 1470. The maximum absolute atomic E-state index is 12.6. The molecule has 0 saturated heterocycles. The number of benzene rings is 4. The number of aromatic carboxylic acids is 1. The van der Waals surface area contributed by atoms with Crippen LogP contribution in [0.25, 0.3) is 21.5 Å². The monoisotopic (exact) mass is 460 g/mol. The van der Waals surface area contributed by atoms with Gasteiger partial charge in [-0.25, -0.2) is 13.2 Å². The summed E-state index contributed by atoms with van der Waals surface area (Å²) in [6.45, 7) is 0. The molecule has 0 amide bonds. The van der Waals surface area contributed by atoms with Gasteiger partial charge in [0.1, 0.15) is 10.1 Å². The van der Waals surface area contributed by atoms with E-state index in [1.54, 1.807) is 36.4 Å². The molecular formula is C21H12CaN2O6S. The number of hydrogen-bond donors (Lipinski definition) is 1. The first-order valence-corrected chi connectivity index (χ1v) is 10.0. The molecule has 0 unspecified atom stereocenters. The normalized spacial score (nSPS) is 11.6. The van der Waals surface area contributed by atoms with E-state index in [1.807, 2.05) is 0 Å². The second-order valence-corrected chi connectivity index (χ2v) is 7.76. The Kier molecular flexibility index (Phi) is 6.63. The van der Waals surface area contributed by atoms with Crippen LogP contribution < -0.4 is 5.11 Å². The summed E-state index contributed by atoms with van der Waals surface area (Å²) in [5.41, 5.74) is -0.349. The van der Waals surface area contributed by atoms with E-state index in [0.717, 1.165) is 0 Å². The Morgan fingerprint density at radius 2 is 1.52 bits per heavy atom. The van der Waals surface area contributed by atoms with Crippen molar-refractivity contribution in [2.75, 3.05) is 0 Å². The number of hydrogen-bond acceptors (Lipinski definition) is 7. The van der Waals surface area contributed by atoms with Crippen LogP contribution in [0.4, 0.5) is 11.4 Å². The average molecular weight is 460 g/mol. The van der Waals surface area contributed by atoms with E-state index in [-0.39, 0.29) is 59.4 Å². The van der Waals surface area contributed by atoms with Crippen LogP contribution in [0.3, 0.4) is 0 Å². The average Bonchev–Trinajstić information content (AvgIpc) is 2.71. The summed E-state index contributed by atoms with van der Waals surface area (Å²) in [6.07, 6.45) is 0. The Hall–Kier alpha value is -2.56. The second kappa shape index (κ2) is 8.89. The molecule has 0 fully saturated rings. The molecule has 31 heavy (non-hydrogen) atoms. The van der Waals surface area contributed by atoms with Crippen molar-refractivity contribution >= 4 is 86.7 Å². The number of azo groups is 1. The molecular weight excluding hydrogens is 448 g/mol. The molecule has 0 aliphatic carbocycles. The van der Waals surface area contributed by atoms with E-state index >= 15 is 0 Å². The van der Waals surface area contributed by atoms with Crippen molar-refractivity contribution in [3.63, 3.8) is 0 Å². The smallest absolute Gasteiger partial charge is 0.870 e. The van der Waals surface area contributed by atoms with Crippen molar-refractivity contribution in [3.8, 4) is 5.75 Å². The number of rotatable bonds is 4. The molecule has 0 saturated carbocycles. The minimum Gasteiger partial charge on any atom is -0.870 e. The summed E-state index contributed by atoms with van der Waals surface area (Å²) in [5.74, 6) is -2.16. The van der Waals surface area contributed by atoms with Crippen molar-refractivity contribution in [2.24, 2.45) is 10.2 Å². The fraction of sp³-hybridized carbons (Fsp3) is 0. The van der Waals surface area contributed by atoms with Gasteiger partial charge < -0.3 is 14.8 Å². The van der Waals surface area contributed by atoms with E-state index in [2.05, 4.69) is 10.2 Å². The SMILES string of the molecule is O=C(O)c1cc2ccccc2c(N=Nc2cccc3c(S(=O)(=O)[O-])cccc23)c1[O-].[Ca+2]. The summed E-state index contributed by atoms with van der Waals surface area (Å²) in [4.78, 5) is 11.1. The van der Waals surface area contributed by atoms with Crippen LogP contribution in [0.15, 0.2) is 81.9 Å². The first-order valence-electron chi connectivity index (χ1n) is 8.63. The molecule has 0 radical (unpaired) electrons. The van der Waals surface area contributed by atoms with Crippen molar-refractivity contribution in [1.82, 2.24) is 0 Å². The van der Waals surface area contributed by atoms with Crippen LogP contribution in [-0.4, -0.2) is 61.8 Å². The second-order valence-electron chi connectivity index (χ2n) is 6.41. The van der Waals surface area contributed by atoms with E-state index in [9.17, 15) is 28.0 Å². The minimum absolute atomic E-state index is 0. The van der Waals surface area contributed by atoms with Gasteiger partial charge in [0.05, 0.1) is 21.8 Å². The fourth-order valence-electron chi connectivity index (χ4n) is 3.24. The van der Waals surface area contributed by atoms with Gasteiger partial charge in [-0.3, -0.25) is 0 Å². The van der Waals surface area contributed by atoms with Gasteiger partial charge in [-0.2, -0.15) is 5.11 Å². The largest absolute Gasteiger partial charge is 2.00 e. The fourth-order valence-corrected chi connectivity index (χ4v) is 3.93. The van der Waals surface area contributed by atoms with Crippen molar-refractivity contribution in [2.45, 2.75) is 4.90 Å². The zero-order valence-corrected chi connectivity index (χ0v) is 18.9. The molecule has 4 rings (SSSR count). The maximum atomic E-state index is 12.6. The molecule has 0 spiro atoms. The number of fused-ring (bicyclic) bond motifs is 2. The molecule has 0 atom stereocenters. The van der Waals surface area contributed by atoms with Crippen LogP contribution in [0.2, 0.25) is 0 Å². The molecule has 150 valence electrons. The third-order valence-electron chi connectivity index (χ3n) is 4.59. The van der Waals surface area contributed by atoms with Gasteiger partial charge in [0, 0.05) is 16.2 Å². The van der Waals surface area contributed by atoms with Crippen LogP contribution in [-0.2, 0) is 10.1 Å². The summed E-state index contributed by atoms with van der Waals surface area (Å²) >= 11 is 0. The van der Waals surface area contributed by atoms with Crippen LogP contribution in [0, 0.1) is 0 Å². The summed E-state index contributed by atoms with van der Waals surface area (Å²) in [7, 11) is -4.70. The van der Waals surface area contributed by atoms with E-state index in [1.165, 1.54) is 30.3 Å². The quantitative estimate of drug-likeness (QED) is 0.279. The zero-order valence-electron chi connectivity index (χ0n) is 15.8. The first-order chi connectivity index (χ1) is 14.3. The predicted molar refractivity (Wildman–Crippen MR) is 112 cm³/mol. The Morgan fingerprint density at radius 1 is 0.871 bits per heavy atom. The summed E-state index contributed by atoms with van der Waals surface area (Å²) < 4.78 is 34.6. The van der Waals surface area contributed by atoms with Crippen LogP contribution in [0.5, 0.6) is 5.75 Å². The topological polar surface area (TPSA) is 142 Å². The number of carboxylic acids is 1. The standard InChI is InChI=1S/C21H14N2O6S.Ca/c24-20-16(21(25)26)11-12-5-1-2-6-13(12)19(20)23-22-17-9-3-8-15-14(17)7-4-10-18(15)30(27,28)29;/h1-11,24H,(H,25,26)(H,27,28,29);/q;+2/p-2. The van der Waals surface area contributed by atoms with Gasteiger partial charge >= 0.3 is 43.7 Å². The third kappa shape index (κ3) is 4.41.